The molecule has 7 nitrogen and oxygen atoms in total. The molecule has 1 aromatic heterocycles. The number of rotatable bonds is 4. The lowest BCUT2D eigenvalue weighted by molar-refractivity contribution is -0.384. The number of fused-ring (bicyclic) bond motifs is 1. The third-order valence-corrected chi connectivity index (χ3v) is 4.49. The Morgan fingerprint density at radius 3 is 3.00 bits per heavy atom. The van der Waals surface area contributed by atoms with Gasteiger partial charge in [-0.2, -0.15) is 0 Å². The lowest BCUT2D eigenvalue weighted by Gasteiger charge is -2.35. The average molecular weight is 291 g/mol. The van der Waals surface area contributed by atoms with Crippen LogP contribution in [0.3, 0.4) is 0 Å². The van der Waals surface area contributed by atoms with Crippen LogP contribution in [0.1, 0.15) is 25.7 Å². The Hall–Kier alpha value is -1.89. The number of nitro groups is 1. The highest BCUT2D eigenvalue weighted by Gasteiger charge is 2.32. The van der Waals surface area contributed by atoms with Crippen molar-refractivity contribution in [2.45, 2.75) is 37.8 Å². The number of hydrogen-bond donors (Lipinski definition) is 2. The molecule has 114 valence electrons. The van der Waals surface area contributed by atoms with Gasteiger partial charge < -0.3 is 15.5 Å². The minimum Gasteiger partial charge on any atom is -0.373 e. The predicted octanol–water partition coefficient (Wildman–Crippen LogP) is 2.07. The molecule has 0 aromatic carbocycles. The van der Waals surface area contributed by atoms with Crippen molar-refractivity contribution in [2.75, 3.05) is 30.8 Å². The van der Waals surface area contributed by atoms with Gasteiger partial charge in [0.15, 0.2) is 0 Å². The molecule has 2 aliphatic heterocycles. The van der Waals surface area contributed by atoms with Crippen LogP contribution < -0.4 is 10.6 Å². The topological polar surface area (TPSA) is 83.3 Å². The molecule has 2 saturated heterocycles. The first-order chi connectivity index (χ1) is 10.2. The zero-order valence-electron chi connectivity index (χ0n) is 12.2. The van der Waals surface area contributed by atoms with Crippen LogP contribution in [0.15, 0.2) is 12.1 Å². The maximum Gasteiger partial charge on any atom is 0.311 e. The number of anilines is 2. The Kier molecular flexibility index (Phi) is 3.92. The SMILES string of the molecule is CNc1ccc([N+](=O)[O-])c(NC2CCN3CCCC3C2)n1. The van der Waals surface area contributed by atoms with E-state index in [4.69, 9.17) is 0 Å². The average Bonchev–Trinajstić information content (AvgIpc) is 2.94. The van der Waals surface area contributed by atoms with Gasteiger partial charge in [-0.05, 0) is 38.3 Å². The lowest BCUT2D eigenvalue weighted by atomic mass is 9.97. The van der Waals surface area contributed by atoms with Crippen LogP contribution in [0.25, 0.3) is 0 Å². The molecule has 2 aliphatic rings. The Labute approximate surface area is 123 Å². The van der Waals surface area contributed by atoms with Gasteiger partial charge in [0.1, 0.15) is 5.82 Å². The molecule has 3 heterocycles. The second-order valence-corrected chi connectivity index (χ2v) is 5.77. The van der Waals surface area contributed by atoms with E-state index in [0.717, 1.165) is 19.4 Å². The monoisotopic (exact) mass is 291 g/mol. The van der Waals surface area contributed by atoms with E-state index in [-0.39, 0.29) is 16.7 Å². The molecule has 0 radical (unpaired) electrons. The molecule has 0 saturated carbocycles. The van der Waals surface area contributed by atoms with Gasteiger partial charge in [-0.3, -0.25) is 10.1 Å². The summed E-state index contributed by atoms with van der Waals surface area (Å²) in [7, 11) is 1.76. The Morgan fingerprint density at radius 2 is 2.24 bits per heavy atom. The number of aromatic nitrogens is 1. The van der Waals surface area contributed by atoms with E-state index in [2.05, 4.69) is 20.5 Å². The summed E-state index contributed by atoms with van der Waals surface area (Å²) < 4.78 is 0. The van der Waals surface area contributed by atoms with Gasteiger partial charge in [-0.25, -0.2) is 4.98 Å². The summed E-state index contributed by atoms with van der Waals surface area (Å²) in [4.78, 5) is 17.6. The molecule has 3 rings (SSSR count). The molecule has 0 bridgehead atoms. The van der Waals surface area contributed by atoms with Crippen LogP contribution >= 0.6 is 0 Å². The van der Waals surface area contributed by atoms with Crippen LogP contribution in [-0.2, 0) is 0 Å². The van der Waals surface area contributed by atoms with Crippen LogP contribution in [0.2, 0.25) is 0 Å². The van der Waals surface area contributed by atoms with Gasteiger partial charge in [-0.1, -0.05) is 0 Å². The summed E-state index contributed by atoms with van der Waals surface area (Å²) in [6.07, 6.45) is 4.57. The number of hydrogen-bond acceptors (Lipinski definition) is 6. The second-order valence-electron chi connectivity index (χ2n) is 5.77. The van der Waals surface area contributed by atoms with Crippen LogP contribution in [-0.4, -0.2) is 47.0 Å². The van der Waals surface area contributed by atoms with Crippen LogP contribution in [0.5, 0.6) is 0 Å². The quantitative estimate of drug-likeness (QED) is 0.652. The Bertz CT molecular complexity index is 536. The maximum atomic E-state index is 11.1. The van der Waals surface area contributed by atoms with Gasteiger partial charge in [0.05, 0.1) is 4.92 Å². The summed E-state index contributed by atoms with van der Waals surface area (Å²) in [5, 5.41) is 17.4. The molecular weight excluding hydrogens is 270 g/mol. The minimum atomic E-state index is -0.376. The molecule has 0 aliphatic carbocycles. The van der Waals surface area contributed by atoms with E-state index in [1.54, 1.807) is 13.1 Å². The number of piperidine rings is 1. The smallest absolute Gasteiger partial charge is 0.311 e. The first-order valence-corrected chi connectivity index (χ1v) is 7.51. The zero-order chi connectivity index (χ0) is 14.8. The van der Waals surface area contributed by atoms with Gasteiger partial charge in [0.25, 0.3) is 0 Å². The normalized spacial score (nSPS) is 25.4. The van der Waals surface area contributed by atoms with E-state index >= 15 is 0 Å². The van der Waals surface area contributed by atoms with E-state index in [9.17, 15) is 10.1 Å². The number of nitrogens with one attached hydrogen (secondary N) is 2. The maximum absolute atomic E-state index is 11.1. The third kappa shape index (κ3) is 2.92. The first kappa shape index (κ1) is 14.1. The van der Waals surface area contributed by atoms with E-state index < -0.39 is 0 Å². The molecule has 2 N–H and O–H groups in total. The fourth-order valence-electron chi connectivity index (χ4n) is 3.39. The standard InChI is InChI=1S/C14H21N5O2/c1-15-13-5-4-12(19(20)21)14(17-13)16-10-6-8-18-7-2-3-11(18)9-10/h4-5,10-11H,2-3,6-9H2,1H3,(H2,15,16,17). The van der Waals surface area contributed by atoms with Gasteiger partial charge >= 0.3 is 5.69 Å². The molecule has 0 spiro atoms. The lowest BCUT2D eigenvalue weighted by Crippen LogP contribution is -2.42. The first-order valence-electron chi connectivity index (χ1n) is 7.51. The van der Waals surface area contributed by atoms with Gasteiger partial charge in [0, 0.05) is 31.7 Å². The largest absolute Gasteiger partial charge is 0.373 e. The van der Waals surface area contributed by atoms with Crippen LogP contribution in [0.4, 0.5) is 17.3 Å². The van der Waals surface area contributed by atoms with Crippen LogP contribution in [0, 0.1) is 10.1 Å². The third-order valence-electron chi connectivity index (χ3n) is 4.49. The highest BCUT2D eigenvalue weighted by atomic mass is 16.6. The van der Waals surface area contributed by atoms with Crippen molar-refractivity contribution in [1.82, 2.24) is 9.88 Å². The van der Waals surface area contributed by atoms with E-state index in [1.165, 1.54) is 25.5 Å². The summed E-state index contributed by atoms with van der Waals surface area (Å²) in [6, 6.07) is 4.03. The van der Waals surface area contributed by atoms with Crippen molar-refractivity contribution in [3.8, 4) is 0 Å². The minimum absolute atomic E-state index is 0.0443. The molecule has 7 heteroatoms. The van der Waals surface area contributed by atoms with Gasteiger partial charge in [0.2, 0.25) is 5.82 Å². The van der Waals surface area contributed by atoms with Crippen molar-refractivity contribution >= 4 is 17.3 Å². The van der Waals surface area contributed by atoms with Crippen molar-refractivity contribution in [3.63, 3.8) is 0 Å². The molecule has 21 heavy (non-hydrogen) atoms. The van der Waals surface area contributed by atoms with Crippen molar-refractivity contribution < 1.29 is 4.92 Å². The molecule has 2 atom stereocenters. The fourth-order valence-corrected chi connectivity index (χ4v) is 3.39. The second kappa shape index (κ2) is 5.85. The summed E-state index contributed by atoms with van der Waals surface area (Å²) in [5.41, 5.74) is 0.0443. The van der Waals surface area contributed by atoms with Crippen molar-refractivity contribution in [3.05, 3.63) is 22.2 Å². The summed E-state index contributed by atoms with van der Waals surface area (Å²) in [6.45, 7) is 2.27. The number of nitrogens with zero attached hydrogens (tertiary/aromatic N) is 3. The Morgan fingerprint density at radius 1 is 1.38 bits per heavy atom. The zero-order valence-corrected chi connectivity index (χ0v) is 12.2. The highest BCUT2D eigenvalue weighted by Crippen LogP contribution is 2.31. The molecule has 2 fully saturated rings. The summed E-state index contributed by atoms with van der Waals surface area (Å²) >= 11 is 0. The van der Waals surface area contributed by atoms with Crippen molar-refractivity contribution in [2.24, 2.45) is 0 Å². The molecule has 2 unspecified atom stereocenters. The Balaban J connectivity index is 1.75. The molecule has 1 aromatic rings. The van der Waals surface area contributed by atoms with Crippen molar-refractivity contribution in [1.29, 1.82) is 0 Å². The molecule has 0 amide bonds. The van der Waals surface area contributed by atoms with E-state index in [0.29, 0.717) is 17.7 Å². The highest BCUT2D eigenvalue weighted by molar-refractivity contribution is 5.60. The molecular formula is C14H21N5O2. The fraction of sp³-hybridized carbons (Fsp3) is 0.643. The van der Waals surface area contributed by atoms with E-state index in [1.807, 2.05) is 0 Å². The predicted molar refractivity (Wildman–Crippen MR) is 81.7 cm³/mol. The number of pyridine rings is 1. The summed E-state index contributed by atoms with van der Waals surface area (Å²) in [5.74, 6) is 1.02. The van der Waals surface area contributed by atoms with Gasteiger partial charge in [-0.15, -0.1) is 0 Å².